The second kappa shape index (κ2) is 6.73. The van der Waals surface area contributed by atoms with Crippen molar-refractivity contribution in [3.63, 3.8) is 0 Å². The summed E-state index contributed by atoms with van der Waals surface area (Å²) in [4.78, 5) is -0.331. The van der Waals surface area contributed by atoms with Gasteiger partial charge in [0.05, 0.1) is 6.10 Å². The molecule has 1 saturated carbocycles. The summed E-state index contributed by atoms with van der Waals surface area (Å²) < 4.78 is 39.9. The number of hydrogen-bond acceptors (Lipinski definition) is 4. The van der Waals surface area contributed by atoms with Crippen LogP contribution in [0.15, 0.2) is 23.1 Å². The van der Waals surface area contributed by atoms with Crippen molar-refractivity contribution in [2.24, 2.45) is 5.92 Å². The molecule has 0 spiro atoms. The van der Waals surface area contributed by atoms with Crippen LogP contribution in [-0.4, -0.2) is 37.5 Å². The van der Waals surface area contributed by atoms with Crippen LogP contribution in [0.2, 0.25) is 0 Å². The third kappa shape index (κ3) is 3.29. The van der Waals surface area contributed by atoms with Crippen LogP contribution in [0.1, 0.15) is 31.2 Å². The highest BCUT2D eigenvalue weighted by Crippen LogP contribution is 2.27. The van der Waals surface area contributed by atoms with E-state index in [0.29, 0.717) is 6.42 Å². The summed E-state index contributed by atoms with van der Waals surface area (Å²) in [6.07, 6.45) is 2.81. The largest absolute Gasteiger partial charge is 0.393 e. The maximum absolute atomic E-state index is 13.6. The topological polar surface area (TPSA) is 81.4 Å². The van der Waals surface area contributed by atoms with E-state index < -0.39 is 27.5 Å². The Hall–Kier alpha value is -1.49. The van der Waals surface area contributed by atoms with Crippen molar-refractivity contribution in [1.29, 1.82) is 5.26 Å². The van der Waals surface area contributed by atoms with Gasteiger partial charge in [-0.05, 0) is 30.9 Å². The molecule has 2 unspecified atom stereocenters. The molecular weight excluding hydrogens is 307 g/mol. The average molecular weight is 326 g/mol. The maximum atomic E-state index is 13.6. The summed E-state index contributed by atoms with van der Waals surface area (Å²) in [6.45, 7) is 0.158. The van der Waals surface area contributed by atoms with Gasteiger partial charge in [-0.2, -0.15) is 5.26 Å². The summed E-state index contributed by atoms with van der Waals surface area (Å²) >= 11 is 0. The third-order valence-corrected chi connectivity index (χ3v) is 6.00. The minimum atomic E-state index is -3.97. The second-order valence-electron chi connectivity index (χ2n) is 5.62. The van der Waals surface area contributed by atoms with Crippen LogP contribution in [-0.2, 0) is 10.0 Å². The monoisotopic (exact) mass is 326 g/mol. The lowest BCUT2D eigenvalue weighted by atomic mass is 9.86. The van der Waals surface area contributed by atoms with Gasteiger partial charge in [0.25, 0.3) is 0 Å². The first-order chi connectivity index (χ1) is 10.4. The number of benzene rings is 1. The molecule has 1 aromatic carbocycles. The highest BCUT2D eigenvalue weighted by molar-refractivity contribution is 7.89. The van der Waals surface area contributed by atoms with Crippen LogP contribution in [0.5, 0.6) is 0 Å². The van der Waals surface area contributed by atoms with E-state index in [1.54, 1.807) is 6.07 Å². The summed E-state index contributed by atoms with van der Waals surface area (Å²) in [5.41, 5.74) is -0.474. The molecule has 120 valence electrons. The Morgan fingerprint density at radius 1 is 1.41 bits per heavy atom. The molecule has 0 aromatic heterocycles. The number of sulfonamides is 1. The summed E-state index contributed by atoms with van der Waals surface area (Å²) in [5, 5.41) is 19.0. The van der Waals surface area contributed by atoms with E-state index in [-0.39, 0.29) is 17.4 Å². The van der Waals surface area contributed by atoms with Crippen molar-refractivity contribution < 1.29 is 17.9 Å². The molecule has 0 radical (unpaired) electrons. The molecule has 5 nitrogen and oxygen atoms in total. The predicted molar refractivity (Wildman–Crippen MR) is 78.9 cm³/mol. The summed E-state index contributed by atoms with van der Waals surface area (Å²) in [7, 11) is -2.58. The van der Waals surface area contributed by atoms with Crippen LogP contribution in [0, 0.1) is 23.1 Å². The molecule has 0 heterocycles. The van der Waals surface area contributed by atoms with Crippen LogP contribution < -0.4 is 0 Å². The van der Waals surface area contributed by atoms with Crippen LogP contribution >= 0.6 is 0 Å². The SMILES string of the molecule is CN(CC1CCCCC1O)S(=O)(=O)c1cccc(F)c1C#N. The number of nitriles is 1. The van der Waals surface area contributed by atoms with Crippen molar-refractivity contribution in [3.8, 4) is 6.07 Å². The molecule has 0 aliphatic heterocycles. The van der Waals surface area contributed by atoms with E-state index >= 15 is 0 Å². The van der Waals surface area contributed by atoms with Crippen molar-refractivity contribution in [1.82, 2.24) is 4.31 Å². The maximum Gasteiger partial charge on any atom is 0.244 e. The Balaban J connectivity index is 2.27. The van der Waals surface area contributed by atoms with Gasteiger partial charge in [0, 0.05) is 13.6 Å². The average Bonchev–Trinajstić information content (AvgIpc) is 2.49. The fourth-order valence-electron chi connectivity index (χ4n) is 2.83. The third-order valence-electron chi connectivity index (χ3n) is 4.14. The van der Waals surface area contributed by atoms with Crippen LogP contribution in [0.3, 0.4) is 0 Å². The predicted octanol–water partition coefficient (Wildman–Crippen LogP) is 1.87. The Labute approximate surface area is 130 Å². The van der Waals surface area contributed by atoms with Gasteiger partial charge in [0.15, 0.2) is 0 Å². The van der Waals surface area contributed by atoms with Gasteiger partial charge >= 0.3 is 0 Å². The molecule has 2 rings (SSSR count). The van der Waals surface area contributed by atoms with Crippen molar-refractivity contribution >= 4 is 10.0 Å². The molecule has 1 aliphatic carbocycles. The molecule has 0 bridgehead atoms. The number of nitrogens with zero attached hydrogens (tertiary/aromatic N) is 2. The zero-order valence-corrected chi connectivity index (χ0v) is 13.2. The molecule has 1 aromatic rings. The molecule has 0 amide bonds. The lowest BCUT2D eigenvalue weighted by Crippen LogP contribution is -2.38. The molecule has 22 heavy (non-hydrogen) atoms. The standard InChI is InChI=1S/C15H19FN2O3S/c1-18(10-11-5-2-3-7-14(11)19)22(20,21)15-8-4-6-13(16)12(15)9-17/h4,6,8,11,14,19H,2-3,5,7,10H2,1H3. The van der Waals surface area contributed by atoms with Crippen molar-refractivity contribution in [2.45, 2.75) is 36.7 Å². The first-order valence-corrected chi connectivity index (χ1v) is 8.65. The van der Waals surface area contributed by atoms with E-state index in [1.807, 2.05) is 0 Å². The van der Waals surface area contributed by atoms with Gasteiger partial charge in [-0.15, -0.1) is 0 Å². The summed E-state index contributed by atoms with van der Waals surface area (Å²) in [6, 6.07) is 5.16. The highest BCUT2D eigenvalue weighted by Gasteiger charge is 2.31. The number of rotatable bonds is 4. The van der Waals surface area contributed by atoms with E-state index in [1.165, 1.54) is 19.2 Å². The lowest BCUT2D eigenvalue weighted by molar-refractivity contribution is 0.0620. The highest BCUT2D eigenvalue weighted by atomic mass is 32.2. The smallest absolute Gasteiger partial charge is 0.244 e. The Morgan fingerprint density at radius 2 is 2.09 bits per heavy atom. The van der Waals surface area contributed by atoms with Crippen LogP contribution in [0.25, 0.3) is 0 Å². The number of aliphatic hydroxyl groups excluding tert-OH is 1. The van der Waals surface area contributed by atoms with E-state index in [9.17, 15) is 17.9 Å². The Morgan fingerprint density at radius 3 is 2.73 bits per heavy atom. The van der Waals surface area contributed by atoms with E-state index in [4.69, 9.17) is 5.26 Å². The minimum absolute atomic E-state index is 0.132. The Bertz CT molecular complexity index is 685. The molecular formula is C15H19FN2O3S. The van der Waals surface area contributed by atoms with Gasteiger partial charge in [0.2, 0.25) is 10.0 Å². The fourth-order valence-corrected chi connectivity index (χ4v) is 4.20. The van der Waals surface area contributed by atoms with Gasteiger partial charge in [-0.25, -0.2) is 17.1 Å². The van der Waals surface area contributed by atoms with Crippen molar-refractivity contribution in [2.75, 3.05) is 13.6 Å². The number of aliphatic hydroxyl groups is 1. The lowest BCUT2D eigenvalue weighted by Gasteiger charge is -2.30. The van der Waals surface area contributed by atoms with Gasteiger partial charge in [0.1, 0.15) is 22.3 Å². The molecule has 1 fully saturated rings. The van der Waals surface area contributed by atoms with Crippen LogP contribution in [0.4, 0.5) is 4.39 Å². The molecule has 1 N–H and O–H groups in total. The van der Waals surface area contributed by atoms with Gasteiger partial charge in [-0.3, -0.25) is 0 Å². The van der Waals surface area contributed by atoms with Gasteiger partial charge < -0.3 is 5.11 Å². The first-order valence-electron chi connectivity index (χ1n) is 7.21. The molecule has 7 heteroatoms. The zero-order chi connectivity index (χ0) is 16.3. The molecule has 1 aliphatic rings. The normalized spacial score (nSPS) is 22.5. The quantitative estimate of drug-likeness (QED) is 0.916. The Kier molecular flexibility index (Phi) is 5.16. The van der Waals surface area contributed by atoms with Gasteiger partial charge in [-0.1, -0.05) is 18.9 Å². The zero-order valence-electron chi connectivity index (χ0n) is 12.4. The first kappa shape index (κ1) is 16.9. The fraction of sp³-hybridized carbons (Fsp3) is 0.533. The minimum Gasteiger partial charge on any atom is -0.393 e. The van der Waals surface area contributed by atoms with E-state index in [0.717, 1.165) is 29.6 Å². The summed E-state index contributed by atoms with van der Waals surface area (Å²) in [5.74, 6) is -0.984. The van der Waals surface area contributed by atoms with E-state index in [2.05, 4.69) is 0 Å². The number of halogens is 1. The molecule has 2 atom stereocenters. The molecule has 0 saturated heterocycles. The second-order valence-corrected chi connectivity index (χ2v) is 7.64. The van der Waals surface area contributed by atoms with Crippen molar-refractivity contribution in [3.05, 3.63) is 29.6 Å². The number of hydrogen-bond donors (Lipinski definition) is 1.